The largest absolute Gasteiger partial charge is 0.507 e. The predicted molar refractivity (Wildman–Crippen MR) is 140 cm³/mol. The van der Waals surface area contributed by atoms with Crippen molar-refractivity contribution in [2.45, 2.75) is 45.3 Å². The topological polar surface area (TPSA) is 85.3 Å². The van der Waals surface area contributed by atoms with Crippen LogP contribution in [0.2, 0.25) is 0 Å². The Labute approximate surface area is 220 Å². The van der Waals surface area contributed by atoms with Crippen LogP contribution in [0.5, 0.6) is 11.5 Å². The molecule has 0 radical (unpaired) electrons. The molecule has 4 rings (SSSR count). The molecule has 0 aromatic heterocycles. The zero-order valence-electron chi connectivity index (χ0n) is 20.8. The number of likely N-dealkylation sites (tertiary alicyclic amines) is 1. The second-order valence-corrected chi connectivity index (χ2v) is 10.5. The Balaban J connectivity index is 1.76. The van der Waals surface area contributed by atoms with E-state index in [9.17, 15) is 14.7 Å². The van der Waals surface area contributed by atoms with Crippen LogP contribution < -0.4 is 9.47 Å². The average Bonchev–Trinajstić information content (AvgIpc) is 3.46. The van der Waals surface area contributed by atoms with Crippen molar-refractivity contribution in [2.75, 3.05) is 26.9 Å². The highest BCUT2D eigenvalue weighted by molar-refractivity contribution is 9.10. The SMILES string of the molecule is COc1cc(C2C(=C(O)c3ccc(Br)cc3)C(=O)C(=O)N2CC2CCCO2)ccc1OCCC(C)C. The van der Waals surface area contributed by atoms with Gasteiger partial charge in [0, 0.05) is 23.2 Å². The van der Waals surface area contributed by atoms with Crippen LogP contribution in [0.15, 0.2) is 52.5 Å². The molecule has 2 atom stereocenters. The highest BCUT2D eigenvalue weighted by Crippen LogP contribution is 2.42. The second kappa shape index (κ2) is 11.5. The molecule has 0 aliphatic carbocycles. The molecule has 2 heterocycles. The molecule has 0 spiro atoms. The van der Waals surface area contributed by atoms with Crippen LogP contribution in [-0.4, -0.2) is 54.7 Å². The molecule has 2 aromatic rings. The number of Topliss-reactive ketones (excluding diaryl/α,β-unsaturated/α-hetero) is 1. The molecule has 2 aromatic carbocycles. The quantitative estimate of drug-likeness (QED) is 0.249. The Morgan fingerprint density at radius 2 is 1.92 bits per heavy atom. The fourth-order valence-corrected chi connectivity index (χ4v) is 4.83. The summed E-state index contributed by atoms with van der Waals surface area (Å²) in [7, 11) is 1.56. The number of hydrogen-bond donors (Lipinski definition) is 1. The van der Waals surface area contributed by atoms with Gasteiger partial charge in [-0.25, -0.2) is 0 Å². The fourth-order valence-electron chi connectivity index (χ4n) is 4.56. The number of aliphatic hydroxyl groups is 1. The van der Waals surface area contributed by atoms with Crippen molar-refractivity contribution in [2.24, 2.45) is 5.92 Å². The molecule has 36 heavy (non-hydrogen) atoms. The van der Waals surface area contributed by atoms with E-state index < -0.39 is 17.7 Å². The van der Waals surface area contributed by atoms with E-state index in [2.05, 4.69) is 29.8 Å². The molecule has 1 amide bonds. The highest BCUT2D eigenvalue weighted by atomic mass is 79.9. The molecule has 2 fully saturated rings. The molecule has 8 heteroatoms. The molecular weight excluding hydrogens is 526 g/mol. The Morgan fingerprint density at radius 1 is 1.17 bits per heavy atom. The molecule has 7 nitrogen and oxygen atoms in total. The summed E-state index contributed by atoms with van der Waals surface area (Å²) in [5.74, 6) is 0.0249. The lowest BCUT2D eigenvalue weighted by Crippen LogP contribution is -2.36. The number of methoxy groups -OCH3 is 1. The van der Waals surface area contributed by atoms with Crippen molar-refractivity contribution in [3.63, 3.8) is 0 Å². The maximum Gasteiger partial charge on any atom is 0.295 e. The molecule has 2 aliphatic rings. The van der Waals surface area contributed by atoms with Gasteiger partial charge in [0.25, 0.3) is 11.7 Å². The van der Waals surface area contributed by atoms with Crippen LogP contribution in [0.3, 0.4) is 0 Å². The summed E-state index contributed by atoms with van der Waals surface area (Å²) in [6, 6.07) is 11.6. The maximum atomic E-state index is 13.3. The fraction of sp³-hybridized carbons (Fsp3) is 0.429. The normalized spacial score (nSPS) is 21.4. The van der Waals surface area contributed by atoms with Crippen LogP contribution in [0.1, 0.15) is 50.3 Å². The van der Waals surface area contributed by atoms with E-state index in [1.54, 1.807) is 43.5 Å². The van der Waals surface area contributed by atoms with Crippen molar-refractivity contribution < 1.29 is 28.9 Å². The van der Waals surface area contributed by atoms with E-state index in [1.165, 1.54) is 4.90 Å². The minimum atomic E-state index is -0.781. The first-order valence-electron chi connectivity index (χ1n) is 12.3. The van der Waals surface area contributed by atoms with Gasteiger partial charge >= 0.3 is 0 Å². The number of aliphatic hydroxyl groups excluding tert-OH is 1. The third kappa shape index (κ3) is 5.60. The summed E-state index contributed by atoms with van der Waals surface area (Å²) < 4.78 is 18.1. The van der Waals surface area contributed by atoms with Crippen LogP contribution in [0.4, 0.5) is 0 Å². The standard InChI is InChI=1S/C28H32BrNO6/c1-17(2)12-14-36-22-11-8-19(15-23(22)34-3)25-24(26(31)18-6-9-20(29)10-7-18)27(32)28(33)30(25)16-21-5-4-13-35-21/h6-11,15,17,21,25,31H,4-5,12-14,16H2,1-3H3. The van der Waals surface area contributed by atoms with Crippen LogP contribution in [-0.2, 0) is 14.3 Å². The third-order valence-electron chi connectivity index (χ3n) is 6.54. The monoisotopic (exact) mass is 557 g/mol. The van der Waals surface area contributed by atoms with Crippen LogP contribution >= 0.6 is 15.9 Å². The Morgan fingerprint density at radius 3 is 2.56 bits per heavy atom. The molecule has 192 valence electrons. The zero-order valence-corrected chi connectivity index (χ0v) is 22.4. The molecule has 1 N–H and O–H groups in total. The average molecular weight is 558 g/mol. The number of hydrogen-bond acceptors (Lipinski definition) is 6. The van der Waals surface area contributed by atoms with Crippen molar-refractivity contribution in [1.82, 2.24) is 4.90 Å². The number of amides is 1. The number of benzene rings is 2. The number of ether oxygens (including phenoxy) is 3. The summed E-state index contributed by atoms with van der Waals surface area (Å²) in [6.07, 6.45) is 2.47. The number of rotatable bonds is 9. The molecule has 0 bridgehead atoms. The van der Waals surface area contributed by atoms with Gasteiger partial charge in [0.1, 0.15) is 5.76 Å². The van der Waals surface area contributed by atoms with Gasteiger partial charge in [0.15, 0.2) is 11.5 Å². The van der Waals surface area contributed by atoms with Gasteiger partial charge in [-0.1, -0.05) is 48.0 Å². The second-order valence-electron chi connectivity index (χ2n) is 9.53. The summed E-state index contributed by atoms with van der Waals surface area (Å²) in [5, 5.41) is 11.2. The summed E-state index contributed by atoms with van der Waals surface area (Å²) in [5.41, 5.74) is 1.16. The Kier molecular flexibility index (Phi) is 8.36. The summed E-state index contributed by atoms with van der Waals surface area (Å²) >= 11 is 3.39. The minimum Gasteiger partial charge on any atom is -0.507 e. The molecule has 0 saturated carbocycles. The number of carbonyl (C=O) groups excluding carboxylic acids is 2. The van der Waals surface area contributed by atoms with Crippen molar-refractivity contribution >= 4 is 33.4 Å². The van der Waals surface area contributed by atoms with Crippen molar-refractivity contribution in [3.05, 3.63) is 63.6 Å². The number of halogens is 1. The lowest BCUT2D eigenvalue weighted by atomic mass is 9.95. The van der Waals surface area contributed by atoms with Gasteiger partial charge in [-0.05, 0) is 55.0 Å². The smallest absolute Gasteiger partial charge is 0.295 e. The van der Waals surface area contributed by atoms with E-state index >= 15 is 0 Å². The van der Waals surface area contributed by atoms with Gasteiger partial charge in [-0.2, -0.15) is 0 Å². The van der Waals surface area contributed by atoms with Gasteiger partial charge in [-0.15, -0.1) is 0 Å². The van der Waals surface area contributed by atoms with Crippen molar-refractivity contribution in [3.8, 4) is 11.5 Å². The van der Waals surface area contributed by atoms with Gasteiger partial charge in [0.05, 0.1) is 31.4 Å². The van der Waals surface area contributed by atoms with Gasteiger partial charge in [0.2, 0.25) is 0 Å². The molecule has 2 unspecified atom stereocenters. The molecular formula is C28H32BrNO6. The Bertz CT molecular complexity index is 1140. The third-order valence-corrected chi connectivity index (χ3v) is 7.07. The van der Waals surface area contributed by atoms with E-state index in [-0.39, 0.29) is 24.0 Å². The number of carbonyl (C=O) groups is 2. The minimum absolute atomic E-state index is 0.0517. The van der Waals surface area contributed by atoms with Gasteiger partial charge in [-0.3, -0.25) is 9.59 Å². The Hall–Kier alpha value is -2.84. The van der Waals surface area contributed by atoms with E-state index in [0.717, 1.165) is 23.7 Å². The zero-order chi connectivity index (χ0) is 25.8. The first kappa shape index (κ1) is 26.2. The molecule has 2 aliphatic heterocycles. The van der Waals surface area contributed by atoms with E-state index in [4.69, 9.17) is 14.2 Å². The maximum absolute atomic E-state index is 13.3. The lowest BCUT2D eigenvalue weighted by Gasteiger charge is -2.28. The first-order valence-corrected chi connectivity index (χ1v) is 13.1. The van der Waals surface area contributed by atoms with E-state index in [0.29, 0.717) is 41.8 Å². The van der Waals surface area contributed by atoms with Crippen LogP contribution in [0, 0.1) is 5.92 Å². The van der Waals surface area contributed by atoms with E-state index in [1.807, 2.05) is 6.07 Å². The predicted octanol–water partition coefficient (Wildman–Crippen LogP) is 5.48. The van der Waals surface area contributed by atoms with Crippen LogP contribution in [0.25, 0.3) is 5.76 Å². The summed E-state index contributed by atoms with van der Waals surface area (Å²) in [4.78, 5) is 28.0. The lowest BCUT2D eigenvalue weighted by molar-refractivity contribution is -0.140. The number of ketones is 1. The van der Waals surface area contributed by atoms with Gasteiger partial charge < -0.3 is 24.2 Å². The first-order chi connectivity index (χ1) is 17.3. The highest BCUT2D eigenvalue weighted by Gasteiger charge is 2.47. The molecule has 2 saturated heterocycles. The van der Waals surface area contributed by atoms with Crippen molar-refractivity contribution in [1.29, 1.82) is 0 Å². The number of nitrogens with zero attached hydrogens (tertiary/aromatic N) is 1. The summed E-state index contributed by atoms with van der Waals surface area (Å²) in [6.45, 7) is 5.71.